The third kappa shape index (κ3) is 3.72. The molecule has 98 valence electrons. The van der Waals surface area contributed by atoms with Crippen LogP contribution in [0.3, 0.4) is 0 Å². The third-order valence-electron chi connectivity index (χ3n) is 3.12. The van der Waals surface area contributed by atoms with Gasteiger partial charge >= 0.3 is 0 Å². The first kappa shape index (κ1) is 16.0. The number of carbonyl (C=O) groups is 1. The van der Waals surface area contributed by atoms with Crippen LogP contribution in [-0.4, -0.2) is 23.8 Å². The SMILES string of the molecule is C/C1=C/C2(C)CC2N(C)/C=C/C1=O.CC.CC. The fourth-order valence-corrected chi connectivity index (χ4v) is 2.11. The zero-order valence-corrected chi connectivity index (χ0v) is 12.4. The summed E-state index contributed by atoms with van der Waals surface area (Å²) in [6.07, 6.45) is 6.84. The van der Waals surface area contributed by atoms with Gasteiger partial charge in [-0.3, -0.25) is 4.79 Å². The Hall–Kier alpha value is -1.05. The maximum Gasteiger partial charge on any atom is 0.182 e. The Balaban J connectivity index is 0.000000581. The largest absolute Gasteiger partial charge is 0.376 e. The summed E-state index contributed by atoms with van der Waals surface area (Å²) < 4.78 is 0. The fourth-order valence-electron chi connectivity index (χ4n) is 2.11. The predicted molar refractivity (Wildman–Crippen MR) is 74.9 cm³/mol. The summed E-state index contributed by atoms with van der Waals surface area (Å²) in [4.78, 5) is 13.6. The summed E-state index contributed by atoms with van der Waals surface area (Å²) in [5.74, 6) is 0.137. The van der Waals surface area contributed by atoms with E-state index >= 15 is 0 Å². The second-order valence-corrected chi connectivity index (χ2v) is 4.40. The molecule has 2 aliphatic rings. The molecule has 2 nitrogen and oxygen atoms in total. The molecule has 0 radical (unpaired) electrons. The number of carbonyl (C=O) groups excluding carboxylic acids is 1. The lowest BCUT2D eigenvalue weighted by Gasteiger charge is -2.18. The Bertz CT molecular complexity index is 317. The van der Waals surface area contributed by atoms with E-state index in [0.29, 0.717) is 6.04 Å². The van der Waals surface area contributed by atoms with Crippen LogP contribution in [0.4, 0.5) is 0 Å². The molecule has 0 aromatic heterocycles. The van der Waals surface area contributed by atoms with Crippen LogP contribution in [0, 0.1) is 5.41 Å². The van der Waals surface area contributed by atoms with E-state index in [1.165, 1.54) is 6.42 Å². The van der Waals surface area contributed by atoms with Gasteiger partial charge in [0.05, 0.1) is 0 Å². The van der Waals surface area contributed by atoms with Gasteiger partial charge in [0, 0.05) is 30.8 Å². The monoisotopic (exact) mass is 237 g/mol. The Morgan fingerprint density at radius 1 is 1.29 bits per heavy atom. The highest BCUT2D eigenvalue weighted by atomic mass is 16.1. The van der Waals surface area contributed by atoms with Crippen LogP contribution in [0.15, 0.2) is 23.9 Å². The average molecular weight is 237 g/mol. The molecule has 0 saturated heterocycles. The zero-order valence-electron chi connectivity index (χ0n) is 12.4. The molecule has 0 bridgehead atoms. The second kappa shape index (κ2) is 6.63. The molecule has 0 spiro atoms. The van der Waals surface area contributed by atoms with Crippen molar-refractivity contribution in [1.29, 1.82) is 0 Å². The van der Waals surface area contributed by atoms with Crippen LogP contribution in [0.25, 0.3) is 0 Å². The summed E-state index contributed by atoms with van der Waals surface area (Å²) >= 11 is 0. The Morgan fingerprint density at radius 3 is 2.35 bits per heavy atom. The molecule has 0 aromatic carbocycles. The molecule has 0 N–H and O–H groups in total. The molecule has 2 rings (SSSR count). The van der Waals surface area contributed by atoms with E-state index < -0.39 is 0 Å². The first-order chi connectivity index (χ1) is 8.03. The number of ketones is 1. The van der Waals surface area contributed by atoms with Crippen LogP contribution < -0.4 is 0 Å². The Kier molecular flexibility index (Phi) is 6.22. The summed E-state index contributed by atoms with van der Waals surface area (Å²) in [7, 11) is 2.04. The quantitative estimate of drug-likeness (QED) is 0.639. The summed E-state index contributed by atoms with van der Waals surface area (Å²) in [6.45, 7) is 12.1. The normalized spacial score (nSPS) is 34.5. The van der Waals surface area contributed by atoms with Crippen molar-refractivity contribution in [3.63, 3.8) is 0 Å². The topological polar surface area (TPSA) is 20.3 Å². The van der Waals surface area contributed by atoms with Crippen molar-refractivity contribution < 1.29 is 4.79 Å². The van der Waals surface area contributed by atoms with Crippen molar-refractivity contribution in [2.24, 2.45) is 5.41 Å². The third-order valence-corrected chi connectivity index (χ3v) is 3.12. The van der Waals surface area contributed by atoms with E-state index in [9.17, 15) is 4.79 Å². The van der Waals surface area contributed by atoms with Gasteiger partial charge in [-0.1, -0.05) is 40.7 Å². The standard InChI is InChI=1S/C11H15NO.2C2H6/c1-8-6-11(2)7-10(11)12(3)5-4-9(8)13;2*1-2/h4-6,10H,7H2,1-3H3;2*1-2H3/b5-4+,8-6-;;. The number of nitrogens with zero attached hydrogens (tertiary/aromatic N) is 1. The highest BCUT2D eigenvalue weighted by Gasteiger charge is 2.50. The molecule has 17 heavy (non-hydrogen) atoms. The molecule has 2 heteroatoms. The molecule has 1 fully saturated rings. The van der Waals surface area contributed by atoms with Crippen molar-refractivity contribution in [1.82, 2.24) is 4.90 Å². The summed E-state index contributed by atoms with van der Waals surface area (Å²) in [5, 5.41) is 0. The first-order valence-electron chi connectivity index (χ1n) is 6.67. The number of rotatable bonds is 0. The molecular weight excluding hydrogens is 210 g/mol. The van der Waals surface area contributed by atoms with Gasteiger partial charge in [-0.2, -0.15) is 0 Å². The van der Waals surface area contributed by atoms with Crippen molar-refractivity contribution in [2.75, 3.05) is 7.05 Å². The molecular formula is C15H27NO. The molecule has 1 aliphatic heterocycles. The minimum absolute atomic E-state index is 0.137. The van der Waals surface area contributed by atoms with Gasteiger partial charge in [-0.15, -0.1) is 0 Å². The number of hydrogen-bond acceptors (Lipinski definition) is 2. The fraction of sp³-hybridized carbons (Fsp3) is 0.667. The van der Waals surface area contributed by atoms with Gasteiger partial charge in [0.15, 0.2) is 5.78 Å². The lowest BCUT2D eigenvalue weighted by Crippen LogP contribution is -2.21. The van der Waals surface area contributed by atoms with Gasteiger partial charge in [-0.25, -0.2) is 0 Å². The van der Waals surface area contributed by atoms with Crippen LogP contribution in [-0.2, 0) is 4.79 Å². The summed E-state index contributed by atoms with van der Waals surface area (Å²) in [5.41, 5.74) is 1.12. The molecule has 2 atom stereocenters. The first-order valence-corrected chi connectivity index (χ1v) is 6.67. The van der Waals surface area contributed by atoms with E-state index in [1.807, 2.05) is 47.9 Å². The maximum atomic E-state index is 11.4. The van der Waals surface area contributed by atoms with Gasteiger partial charge in [0.2, 0.25) is 0 Å². The molecule has 1 aliphatic carbocycles. The minimum atomic E-state index is 0.137. The second-order valence-electron chi connectivity index (χ2n) is 4.40. The molecule has 2 unspecified atom stereocenters. The Morgan fingerprint density at radius 2 is 1.82 bits per heavy atom. The van der Waals surface area contributed by atoms with Crippen LogP contribution in [0.1, 0.15) is 48.0 Å². The van der Waals surface area contributed by atoms with E-state index in [2.05, 4.69) is 17.9 Å². The van der Waals surface area contributed by atoms with E-state index in [0.717, 1.165) is 5.57 Å². The number of allylic oxidation sites excluding steroid dienone is 2. The van der Waals surface area contributed by atoms with Gasteiger partial charge in [0.1, 0.15) is 0 Å². The van der Waals surface area contributed by atoms with Gasteiger partial charge in [0.25, 0.3) is 0 Å². The van der Waals surface area contributed by atoms with Crippen molar-refractivity contribution >= 4 is 5.78 Å². The van der Waals surface area contributed by atoms with Crippen LogP contribution in [0.5, 0.6) is 0 Å². The number of fused-ring (bicyclic) bond motifs is 1. The zero-order chi connectivity index (χ0) is 13.6. The molecule has 1 saturated carbocycles. The van der Waals surface area contributed by atoms with Gasteiger partial charge < -0.3 is 4.90 Å². The smallest absolute Gasteiger partial charge is 0.182 e. The maximum absolute atomic E-state index is 11.4. The van der Waals surface area contributed by atoms with Crippen LogP contribution >= 0.6 is 0 Å². The molecule has 1 heterocycles. The highest BCUT2D eigenvalue weighted by molar-refractivity contribution is 6.03. The van der Waals surface area contributed by atoms with E-state index in [-0.39, 0.29) is 11.2 Å². The van der Waals surface area contributed by atoms with Gasteiger partial charge in [-0.05, 0) is 18.9 Å². The predicted octanol–water partition coefficient (Wildman–Crippen LogP) is 3.79. The van der Waals surface area contributed by atoms with E-state index in [1.54, 1.807) is 6.08 Å². The Labute approximate surface area is 106 Å². The minimum Gasteiger partial charge on any atom is -0.376 e. The lowest BCUT2D eigenvalue weighted by molar-refractivity contribution is -0.111. The van der Waals surface area contributed by atoms with Crippen LogP contribution in [0.2, 0.25) is 0 Å². The highest BCUT2D eigenvalue weighted by Crippen LogP contribution is 2.51. The van der Waals surface area contributed by atoms with Crippen molar-refractivity contribution in [3.05, 3.63) is 23.9 Å². The molecule has 0 amide bonds. The van der Waals surface area contributed by atoms with E-state index in [4.69, 9.17) is 0 Å². The molecule has 0 aromatic rings. The van der Waals surface area contributed by atoms with Crippen molar-refractivity contribution in [2.45, 2.75) is 54.0 Å². The summed E-state index contributed by atoms with van der Waals surface area (Å²) in [6, 6.07) is 0.590. The lowest BCUT2D eigenvalue weighted by atomic mass is 10.0. The number of hydrogen-bond donors (Lipinski definition) is 0. The average Bonchev–Trinajstić information content (AvgIpc) is 3.01. The van der Waals surface area contributed by atoms with Crippen molar-refractivity contribution in [3.8, 4) is 0 Å².